The van der Waals surface area contributed by atoms with Gasteiger partial charge in [-0.05, 0) is 32.0 Å². The van der Waals surface area contributed by atoms with Gasteiger partial charge in [0.25, 0.3) is 0 Å². The van der Waals surface area contributed by atoms with E-state index in [1.54, 1.807) is 6.92 Å². The van der Waals surface area contributed by atoms with Crippen LogP contribution in [0, 0.1) is 0 Å². The number of carbonyl (C=O) groups excluding carboxylic acids is 3. The second-order valence-corrected chi connectivity index (χ2v) is 4.32. The topological polar surface area (TPSA) is 60.4 Å². The minimum absolute atomic E-state index is 0.169. The largest absolute Gasteiger partial charge is 0.462 e. The number of aldehydes is 1. The molecule has 4 nitrogen and oxygen atoms in total. The SMILES string of the molecule is CCOC(=O)c1cc(C=O)cc(C(=O)C(C)Cl)c1. The van der Waals surface area contributed by atoms with Crippen LogP contribution in [0.1, 0.15) is 44.9 Å². The van der Waals surface area contributed by atoms with Crippen LogP contribution in [0.3, 0.4) is 0 Å². The number of hydrogen-bond acceptors (Lipinski definition) is 4. The second-order valence-electron chi connectivity index (χ2n) is 3.66. The molecule has 0 heterocycles. The fourth-order valence-corrected chi connectivity index (χ4v) is 1.55. The molecule has 0 aromatic heterocycles. The van der Waals surface area contributed by atoms with Crippen molar-refractivity contribution in [2.24, 2.45) is 0 Å². The van der Waals surface area contributed by atoms with Gasteiger partial charge < -0.3 is 4.74 Å². The van der Waals surface area contributed by atoms with E-state index in [2.05, 4.69) is 0 Å². The Bertz CT molecular complexity index is 480. The summed E-state index contributed by atoms with van der Waals surface area (Å²) in [5.74, 6) is -0.914. The van der Waals surface area contributed by atoms with Gasteiger partial charge >= 0.3 is 5.97 Å². The third-order valence-corrected chi connectivity index (χ3v) is 2.45. The van der Waals surface area contributed by atoms with Gasteiger partial charge in [-0.15, -0.1) is 11.6 Å². The van der Waals surface area contributed by atoms with Crippen molar-refractivity contribution >= 4 is 29.6 Å². The van der Waals surface area contributed by atoms with Crippen LogP contribution in [0.25, 0.3) is 0 Å². The van der Waals surface area contributed by atoms with Crippen LogP contribution in [-0.2, 0) is 4.74 Å². The van der Waals surface area contributed by atoms with Crippen molar-refractivity contribution in [1.82, 2.24) is 0 Å². The molecule has 18 heavy (non-hydrogen) atoms. The van der Waals surface area contributed by atoms with Crippen molar-refractivity contribution in [3.05, 3.63) is 34.9 Å². The van der Waals surface area contributed by atoms with Gasteiger partial charge in [-0.25, -0.2) is 4.79 Å². The number of ketones is 1. The summed E-state index contributed by atoms with van der Waals surface area (Å²) in [5, 5.41) is -0.720. The number of benzene rings is 1. The smallest absolute Gasteiger partial charge is 0.338 e. The van der Waals surface area contributed by atoms with Gasteiger partial charge in [-0.1, -0.05) is 0 Å². The lowest BCUT2D eigenvalue weighted by atomic mass is 10.0. The van der Waals surface area contributed by atoms with Gasteiger partial charge in [-0.3, -0.25) is 9.59 Å². The molecule has 1 rings (SSSR count). The molecule has 1 aromatic rings. The molecule has 0 radical (unpaired) electrons. The number of ether oxygens (including phenoxy) is 1. The Morgan fingerprint density at radius 1 is 1.33 bits per heavy atom. The van der Waals surface area contributed by atoms with Crippen LogP contribution in [0.4, 0.5) is 0 Å². The molecule has 0 saturated heterocycles. The zero-order valence-electron chi connectivity index (χ0n) is 10.1. The van der Waals surface area contributed by atoms with Gasteiger partial charge in [0.05, 0.1) is 17.5 Å². The lowest BCUT2D eigenvalue weighted by Gasteiger charge is -2.07. The summed E-state index contributed by atoms with van der Waals surface area (Å²) in [4.78, 5) is 34.1. The number of hydrogen-bond donors (Lipinski definition) is 0. The van der Waals surface area contributed by atoms with Crippen molar-refractivity contribution in [3.63, 3.8) is 0 Å². The summed E-state index contributed by atoms with van der Waals surface area (Å²) in [7, 11) is 0. The van der Waals surface area contributed by atoms with E-state index < -0.39 is 11.3 Å². The maximum Gasteiger partial charge on any atom is 0.338 e. The second kappa shape index (κ2) is 6.31. The van der Waals surface area contributed by atoms with Crippen molar-refractivity contribution < 1.29 is 19.1 Å². The summed E-state index contributed by atoms with van der Waals surface area (Å²) in [6, 6.07) is 4.16. The van der Waals surface area contributed by atoms with E-state index in [4.69, 9.17) is 16.3 Å². The average Bonchev–Trinajstić information content (AvgIpc) is 2.37. The normalized spacial score (nSPS) is 11.7. The molecule has 1 aromatic carbocycles. The highest BCUT2D eigenvalue weighted by Crippen LogP contribution is 2.14. The molecular weight excluding hydrogens is 256 g/mol. The number of carbonyl (C=O) groups is 3. The van der Waals surface area contributed by atoms with Gasteiger partial charge in [0.15, 0.2) is 5.78 Å². The third kappa shape index (κ3) is 3.40. The highest BCUT2D eigenvalue weighted by atomic mass is 35.5. The van der Waals surface area contributed by atoms with Crippen molar-refractivity contribution in [2.45, 2.75) is 19.2 Å². The van der Waals surface area contributed by atoms with Gasteiger partial charge in [-0.2, -0.15) is 0 Å². The number of alkyl halides is 1. The van der Waals surface area contributed by atoms with E-state index in [1.807, 2.05) is 0 Å². The predicted molar refractivity (Wildman–Crippen MR) is 67.4 cm³/mol. The maximum absolute atomic E-state index is 11.7. The molecule has 1 atom stereocenters. The zero-order valence-corrected chi connectivity index (χ0v) is 10.9. The van der Waals surface area contributed by atoms with Crippen LogP contribution in [0.5, 0.6) is 0 Å². The molecule has 0 spiro atoms. The molecule has 0 aliphatic rings. The van der Waals surface area contributed by atoms with Crippen LogP contribution >= 0.6 is 11.6 Å². The quantitative estimate of drug-likeness (QED) is 0.356. The first-order valence-corrected chi connectivity index (χ1v) is 5.89. The third-order valence-electron chi connectivity index (χ3n) is 2.25. The van der Waals surface area contributed by atoms with E-state index in [0.717, 1.165) is 0 Å². The van der Waals surface area contributed by atoms with Crippen molar-refractivity contribution in [2.75, 3.05) is 6.61 Å². The van der Waals surface area contributed by atoms with E-state index >= 15 is 0 Å². The summed E-state index contributed by atoms with van der Waals surface area (Å²) in [5.41, 5.74) is 0.633. The first-order chi connectivity index (χ1) is 8.49. The van der Waals surface area contributed by atoms with Gasteiger partial charge in [0, 0.05) is 11.1 Å². The monoisotopic (exact) mass is 268 g/mol. The fraction of sp³-hybridized carbons (Fsp3) is 0.308. The first-order valence-electron chi connectivity index (χ1n) is 5.45. The highest BCUT2D eigenvalue weighted by molar-refractivity contribution is 6.33. The van der Waals surface area contributed by atoms with Crippen molar-refractivity contribution in [3.8, 4) is 0 Å². The molecule has 0 bridgehead atoms. The van der Waals surface area contributed by atoms with Gasteiger partial charge in [0.2, 0.25) is 0 Å². The lowest BCUT2D eigenvalue weighted by molar-refractivity contribution is 0.0526. The molecule has 0 saturated carbocycles. The Balaban J connectivity index is 3.21. The Kier molecular flexibility index (Phi) is 5.04. The summed E-state index contributed by atoms with van der Waals surface area (Å²) < 4.78 is 4.82. The molecule has 0 aliphatic heterocycles. The Hall–Kier alpha value is -1.68. The number of esters is 1. The summed E-state index contributed by atoms with van der Waals surface area (Å²) in [6.45, 7) is 3.43. The number of halogens is 1. The Morgan fingerprint density at radius 2 is 1.94 bits per heavy atom. The van der Waals surface area contributed by atoms with E-state index in [9.17, 15) is 14.4 Å². The molecule has 0 amide bonds. The average molecular weight is 269 g/mol. The predicted octanol–water partition coefficient (Wildman–Crippen LogP) is 2.49. The Morgan fingerprint density at radius 3 is 2.44 bits per heavy atom. The van der Waals surface area contributed by atoms with Crippen LogP contribution < -0.4 is 0 Å². The molecular formula is C13H13ClO4. The zero-order chi connectivity index (χ0) is 13.7. The minimum Gasteiger partial charge on any atom is -0.462 e. The van der Waals surface area contributed by atoms with Gasteiger partial charge in [0.1, 0.15) is 6.29 Å². The standard InChI is InChI=1S/C13H13ClO4/c1-3-18-13(17)11-5-9(7-15)4-10(6-11)12(16)8(2)14/h4-8H,3H2,1-2H3. The fourth-order valence-electron chi connectivity index (χ4n) is 1.42. The summed E-state index contributed by atoms with van der Waals surface area (Å²) >= 11 is 5.70. The van der Waals surface area contributed by atoms with Crippen LogP contribution in [-0.4, -0.2) is 30.0 Å². The molecule has 5 heteroatoms. The van der Waals surface area contributed by atoms with E-state index in [-0.39, 0.29) is 29.1 Å². The maximum atomic E-state index is 11.7. The number of Topliss-reactive ketones (excluding diaryl/α,β-unsaturated/α-hetero) is 1. The van der Waals surface area contributed by atoms with Crippen molar-refractivity contribution in [1.29, 1.82) is 0 Å². The molecule has 0 aliphatic carbocycles. The first kappa shape index (κ1) is 14.4. The van der Waals surface area contributed by atoms with E-state index in [0.29, 0.717) is 6.29 Å². The van der Waals surface area contributed by atoms with Crippen LogP contribution in [0.15, 0.2) is 18.2 Å². The van der Waals surface area contributed by atoms with E-state index in [1.165, 1.54) is 25.1 Å². The lowest BCUT2D eigenvalue weighted by Crippen LogP contribution is -2.13. The molecule has 0 fully saturated rings. The Labute approximate surface area is 110 Å². The molecule has 96 valence electrons. The minimum atomic E-state index is -0.720. The highest BCUT2D eigenvalue weighted by Gasteiger charge is 2.16. The molecule has 0 N–H and O–H groups in total. The van der Waals surface area contributed by atoms with Crippen LogP contribution in [0.2, 0.25) is 0 Å². The molecule has 1 unspecified atom stereocenters. The number of rotatable bonds is 5. The summed E-state index contributed by atoms with van der Waals surface area (Å²) in [6.07, 6.45) is 0.568.